The Labute approximate surface area is 121 Å². The minimum absolute atomic E-state index is 0.261. The number of rotatable bonds is 8. The number of nitrogens with one attached hydrogen (secondary N) is 1. The van der Waals surface area contributed by atoms with Crippen LogP contribution in [0.25, 0.3) is 0 Å². The molecule has 7 nitrogen and oxygen atoms in total. The third-order valence-corrected chi connectivity index (χ3v) is 2.68. The summed E-state index contributed by atoms with van der Waals surface area (Å²) in [5, 5.41) is 13.6. The van der Waals surface area contributed by atoms with E-state index in [1.165, 1.54) is 6.07 Å². The summed E-state index contributed by atoms with van der Waals surface area (Å²) >= 11 is 0. The monoisotopic (exact) mass is 292 g/mol. The van der Waals surface area contributed by atoms with Crippen LogP contribution in [-0.2, 0) is 11.3 Å². The van der Waals surface area contributed by atoms with Crippen LogP contribution in [0, 0.1) is 10.1 Å². The Morgan fingerprint density at radius 1 is 1.29 bits per heavy atom. The van der Waals surface area contributed by atoms with Gasteiger partial charge in [-0.2, -0.15) is 0 Å². The summed E-state index contributed by atoms with van der Waals surface area (Å²) in [6, 6.07) is 10.3. The van der Waals surface area contributed by atoms with E-state index in [0.717, 1.165) is 11.4 Å². The molecule has 112 valence electrons. The number of ether oxygens (including phenoxy) is 2. The first-order valence-corrected chi connectivity index (χ1v) is 6.38. The lowest BCUT2D eigenvalue weighted by Gasteiger charge is -2.08. The molecule has 1 heterocycles. The van der Waals surface area contributed by atoms with Crippen molar-refractivity contribution < 1.29 is 18.8 Å². The predicted octanol–water partition coefficient (Wildman–Crippen LogP) is 2.83. The maximum Gasteiger partial charge on any atom is 0.433 e. The van der Waals surface area contributed by atoms with Crippen molar-refractivity contribution in [2.45, 2.75) is 6.54 Å². The van der Waals surface area contributed by atoms with Crippen LogP contribution in [0.2, 0.25) is 0 Å². The van der Waals surface area contributed by atoms with E-state index in [9.17, 15) is 10.1 Å². The molecule has 0 aliphatic rings. The van der Waals surface area contributed by atoms with Crippen molar-refractivity contribution >= 4 is 11.6 Å². The molecule has 0 saturated heterocycles. The van der Waals surface area contributed by atoms with Gasteiger partial charge in [-0.05, 0) is 18.2 Å². The van der Waals surface area contributed by atoms with Gasteiger partial charge < -0.3 is 19.2 Å². The minimum Gasteiger partial charge on any atom is -0.491 e. The molecule has 0 spiro atoms. The highest BCUT2D eigenvalue weighted by molar-refractivity contribution is 5.48. The lowest BCUT2D eigenvalue weighted by molar-refractivity contribution is -0.402. The fourth-order valence-electron chi connectivity index (χ4n) is 1.69. The molecule has 1 aromatic carbocycles. The van der Waals surface area contributed by atoms with E-state index in [-0.39, 0.29) is 5.88 Å². The number of hydrogen-bond acceptors (Lipinski definition) is 6. The van der Waals surface area contributed by atoms with E-state index in [0.29, 0.717) is 25.5 Å². The molecule has 1 N–H and O–H groups in total. The van der Waals surface area contributed by atoms with Crippen molar-refractivity contribution in [1.82, 2.24) is 0 Å². The number of benzene rings is 1. The standard InChI is InChI=1S/C14H16N2O5/c1-19-7-8-20-12-4-2-3-11(9-12)15-10-13-5-6-14(21-13)16(17)18/h2-6,9,15H,7-8,10H2,1H3. The zero-order chi connectivity index (χ0) is 15.1. The highest BCUT2D eigenvalue weighted by Gasteiger charge is 2.11. The van der Waals surface area contributed by atoms with Crippen LogP contribution >= 0.6 is 0 Å². The van der Waals surface area contributed by atoms with Gasteiger partial charge in [0.2, 0.25) is 0 Å². The minimum atomic E-state index is -0.562. The molecule has 2 aromatic rings. The van der Waals surface area contributed by atoms with Crippen molar-refractivity contribution in [1.29, 1.82) is 0 Å². The molecular formula is C14H16N2O5. The molecule has 0 aliphatic carbocycles. The van der Waals surface area contributed by atoms with Gasteiger partial charge in [-0.15, -0.1) is 0 Å². The molecule has 0 saturated carbocycles. The largest absolute Gasteiger partial charge is 0.491 e. The number of furan rings is 1. The van der Waals surface area contributed by atoms with Gasteiger partial charge in [0.05, 0.1) is 19.2 Å². The normalized spacial score (nSPS) is 10.3. The number of hydrogen-bond donors (Lipinski definition) is 1. The van der Waals surface area contributed by atoms with Gasteiger partial charge >= 0.3 is 5.88 Å². The summed E-state index contributed by atoms with van der Waals surface area (Å²) in [5.74, 6) is 0.957. The van der Waals surface area contributed by atoms with Crippen LogP contribution in [-0.4, -0.2) is 25.2 Å². The van der Waals surface area contributed by atoms with Crippen LogP contribution < -0.4 is 10.1 Å². The first kappa shape index (κ1) is 14.9. The summed E-state index contributed by atoms with van der Waals surface area (Å²) in [6.45, 7) is 1.35. The Hall–Kier alpha value is -2.54. The van der Waals surface area contributed by atoms with Crippen LogP contribution in [0.15, 0.2) is 40.8 Å². The van der Waals surface area contributed by atoms with Crippen LogP contribution in [0.5, 0.6) is 5.75 Å². The number of nitro groups is 1. The van der Waals surface area contributed by atoms with Crippen molar-refractivity contribution in [3.8, 4) is 5.75 Å². The van der Waals surface area contributed by atoms with Crippen molar-refractivity contribution in [3.05, 3.63) is 52.3 Å². The fourth-order valence-corrected chi connectivity index (χ4v) is 1.69. The second-order valence-corrected chi connectivity index (χ2v) is 4.22. The summed E-state index contributed by atoms with van der Waals surface area (Å²) in [4.78, 5) is 9.96. The molecule has 0 bridgehead atoms. The van der Waals surface area contributed by atoms with Gasteiger partial charge in [0, 0.05) is 18.9 Å². The molecule has 0 fully saturated rings. The Morgan fingerprint density at radius 3 is 2.86 bits per heavy atom. The van der Waals surface area contributed by atoms with Crippen molar-refractivity contribution in [2.24, 2.45) is 0 Å². The molecule has 1 aromatic heterocycles. The summed E-state index contributed by atoms with van der Waals surface area (Å²) in [5.41, 5.74) is 0.837. The zero-order valence-corrected chi connectivity index (χ0v) is 11.6. The zero-order valence-electron chi connectivity index (χ0n) is 11.6. The number of anilines is 1. The maximum absolute atomic E-state index is 10.5. The molecule has 21 heavy (non-hydrogen) atoms. The maximum atomic E-state index is 10.5. The lowest BCUT2D eigenvalue weighted by Crippen LogP contribution is -2.04. The molecule has 0 atom stereocenters. The van der Waals surface area contributed by atoms with E-state index in [2.05, 4.69) is 5.32 Å². The molecule has 0 unspecified atom stereocenters. The summed E-state index contributed by atoms with van der Waals surface area (Å²) in [7, 11) is 1.61. The van der Waals surface area contributed by atoms with E-state index in [1.807, 2.05) is 24.3 Å². The molecule has 0 radical (unpaired) electrons. The van der Waals surface area contributed by atoms with E-state index >= 15 is 0 Å². The topological polar surface area (TPSA) is 86.8 Å². The van der Waals surface area contributed by atoms with Crippen LogP contribution in [0.3, 0.4) is 0 Å². The molecular weight excluding hydrogens is 276 g/mol. The van der Waals surface area contributed by atoms with E-state index in [1.54, 1.807) is 13.2 Å². The number of nitrogens with zero attached hydrogens (tertiary/aromatic N) is 1. The Kier molecular flexibility index (Phi) is 5.16. The summed E-state index contributed by atoms with van der Waals surface area (Å²) in [6.07, 6.45) is 0. The highest BCUT2D eigenvalue weighted by atomic mass is 16.6. The third-order valence-electron chi connectivity index (χ3n) is 2.68. The average Bonchev–Trinajstić information content (AvgIpc) is 2.95. The first-order chi connectivity index (χ1) is 10.2. The summed E-state index contributed by atoms with van der Waals surface area (Å²) < 4.78 is 15.5. The van der Waals surface area contributed by atoms with Crippen LogP contribution in [0.4, 0.5) is 11.6 Å². The quantitative estimate of drug-likeness (QED) is 0.457. The molecule has 2 rings (SSSR count). The highest BCUT2D eigenvalue weighted by Crippen LogP contribution is 2.20. The molecule has 7 heteroatoms. The van der Waals surface area contributed by atoms with E-state index < -0.39 is 4.92 Å². The first-order valence-electron chi connectivity index (χ1n) is 6.38. The smallest absolute Gasteiger partial charge is 0.433 e. The van der Waals surface area contributed by atoms with Gasteiger partial charge in [0.1, 0.15) is 23.0 Å². The van der Waals surface area contributed by atoms with Gasteiger partial charge in [0.25, 0.3) is 0 Å². The van der Waals surface area contributed by atoms with Gasteiger partial charge in [0.15, 0.2) is 0 Å². The van der Waals surface area contributed by atoms with E-state index in [4.69, 9.17) is 13.9 Å². The van der Waals surface area contributed by atoms with Gasteiger partial charge in [-0.3, -0.25) is 10.1 Å². The lowest BCUT2D eigenvalue weighted by atomic mass is 10.3. The Balaban J connectivity index is 1.90. The molecule has 0 amide bonds. The SMILES string of the molecule is COCCOc1cccc(NCc2ccc([N+](=O)[O-])o2)c1. The predicted molar refractivity (Wildman–Crippen MR) is 76.5 cm³/mol. The van der Waals surface area contributed by atoms with Crippen LogP contribution in [0.1, 0.15) is 5.76 Å². The molecule has 0 aliphatic heterocycles. The third kappa shape index (κ3) is 4.50. The fraction of sp³-hybridized carbons (Fsp3) is 0.286. The average molecular weight is 292 g/mol. The van der Waals surface area contributed by atoms with Gasteiger partial charge in [-0.1, -0.05) is 6.07 Å². The van der Waals surface area contributed by atoms with Crippen molar-refractivity contribution in [2.75, 3.05) is 25.6 Å². The second kappa shape index (κ2) is 7.30. The number of methoxy groups -OCH3 is 1. The van der Waals surface area contributed by atoms with Gasteiger partial charge in [-0.25, -0.2) is 0 Å². The Bertz CT molecular complexity index is 597. The second-order valence-electron chi connectivity index (χ2n) is 4.22. The Morgan fingerprint density at radius 2 is 2.14 bits per heavy atom. The van der Waals surface area contributed by atoms with Crippen molar-refractivity contribution in [3.63, 3.8) is 0 Å².